The van der Waals surface area contributed by atoms with Crippen molar-refractivity contribution in [2.75, 3.05) is 19.8 Å². The van der Waals surface area contributed by atoms with Gasteiger partial charge < -0.3 is 9.84 Å². The van der Waals surface area contributed by atoms with Gasteiger partial charge >= 0.3 is 0 Å². The molecule has 1 rings (SSSR count). The Morgan fingerprint density at radius 2 is 2.28 bits per heavy atom. The van der Waals surface area contributed by atoms with Gasteiger partial charge in [-0.25, -0.2) is 13.1 Å². The van der Waals surface area contributed by atoms with Gasteiger partial charge in [-0.15, -0.1) is 0 Å². The number of nitrogens with one attached hydrogen (secondary N) is 1. The van der Waals surface area contributed by atoms with Gasteiger partial charge in [0.25, 0.3) is 0 Å². The lowest BCUT2D eigenvalue weighted by atomic mass is 10.5. The van der Waals surface area contributed by atoms with Crippen LogP contribution in [0, 0.1) is 0 Å². The average Bonchev–Trinajstić information content (AvgIpc) is 2.74. The molecule has 0 amide bonds. The van der Waals surface area contributed by atoms with Crippen LogP contribution in [0.3, 0.4) is 0 Å². The van der Waals surface area contributed by atoms with E-state index in [1.807, 2.05) is 13.8 Å². The molecule has 0 bridgehead atoms. The Labute approximate surface area is 107 Å². The Kier molecular flexibility index (Phi) is 5.73. The molecule has 7 nitrogen and oxygen atoms in total. The van der Waals surface area contributed by atoms with Crippen molar-refractivity contribution in [3.63, 3.8) is 0 Å². The second-order valence-electron chi connectivity index (χ2n) is 3.98. The van der Waals surface area contributed by atoms with Crippen molar-refractivity contribution in [1.29, 1.82) is 0 Å². The van der Waals surface area contributed by atoms with Gasteiger partial charge in [-0.3, -0.25) is 4.68 Å². The highest BCUT2D eigenvalue weighted by atomic mass is 32.2. The molecule has 1 aromatic rings. The van der Waals surface area contributed by atoms with E-state index in [4.69, 9.17) is 9.84 Å². The van der Waals surface area contributed by atoms with E-state index in [1.54, 1.807) is 0 Å². The van der Waals surface area contributed by atoms with Crippen molar-refractivity contribution in [2.24, 2.45) is 0 Å². The van der Waals surface area contributed by atoms with E-state index in [0.29, 0.717) is 6.61 Å². The number of aromatic nitrogens is 2. The predicted molar refractivity (Wildman–Crippen MR) is 65.6 cm³/mol. The minimum Gasteiger partial charge on any atom is -0.394 e. The van der Waals surface area contributed by atoms with Crippen LogP contribution in [0.1, 0.15) is 13.8 Å². The van der Waals surface area contributed by atoms with Crippen LogP contribution in [0.4, 0.5) is 0 Å². The van der Waals surface area contributed by atoms with Crippen molar-refractivity contribution in [3.05, 3.63) is 12.4 Å². The fourth-order valence-corrected chi connectivity index (χ4v) is 2.23. The minimum atomic E-state index is -3.55. The lowest BCUT2D eigenvalue weighted by molar-refractivity contribution is 0.0834. The smallest absolute Gasteiger partial charge is 0.243 e. The largest absolute Gasteiger partial charge is 0.394 e. The average molecular weight is 277 g/mol. The summed E-state index contributed by atoms with van der Waals surface area (Å²) < 4.78 is 32.7. The van der Waals surface area contributed by atoms with Crippen molar-refractivity contribution >= 4 is 10.0 Å². The minimum absolute atomic E-state index is 0.0711. The number of hydrogen-bond acceptors (Lipinski definition) is 5. The first-order valence-electron chi connectivity index (χ1n) is 5.70. The van der Waals surface area contributed by atoms with Crippen molar-refractivity contribution in [1.82, 2.24) is 14.5 Å². The second kappa shape index (κ2) is 6.83. The third kappa shape index (κ3) is 4.73. The van der Waals surface area contributed by atoms with E-state index in [2.05, 4.69) is 9.82 Å². The molecule has 0 atom stereocenters. The molecule has 0 aliphatic heterocycles. The van der Waals surface area contributed by atoms with E-state index >= 15 is 0 Å². The molecule has 104 valence electrons. The van der Waals surface area contributed by atoms with Gasteiger partial charge in [0, 0.05) is 12.7 Å². The summed E-state index contributed by atoms with van der Waals surface area (Å²) in [6.07, 6.45) is 2.70. The number of nitrogens with zero attached hydrogens (tertiary/aromatic N) is 2. The number of aliphatic hydroxyl groups excluding tert-OH is 1. The summed E-state index contributed by atoms with van der Waals surface area (Å²) in [5.41, 5.74) is 0. The Morgan fingerprint density at radius 3 is 2.89 bits per heavy atom. The molecule has 0 aromatic carbocycles. The van der Waals surface area contributed by atoms with Crippen LogP contribution in [0.2, 0.25) is 0 Å². The van der Waals surface area contributed by atoms with Crippen LogP contribution in [0.25, 0.3) is 0 Å². The Morgan fingerprint density at radius 1 is 1.56 bits per heavy atom. The SMILES string of the molecule is CC(C)OCCNS(=O)(=O)c1cnn(CCO)c1. The number of ether oxygens (including phenoxy) is 1. The molecule has 18 heavy (non-hydrogen) atoms. The molecular weight excluding hydrogens is 258 g/mol. The molecule has 1 heterocycles. The molecule has 0 aliphatic carbocycles. The molecule has 0 saturated heterocycles. The summed E-state index contributed by atoms with van der Waals surface area (Å²) in [6, 6.07) is 0. The molecule has 0 spiro atoms. The van der Waals surface area contributed by atoms with E-state index < -0.39 is 10.0 Å². The molecule has 0 unspecified atom stereocenters. The van der Waals surface area contributed by atoms with Gasteiger partial charge in [-0.1, -0.05) is 0 Å². The molecule has 0 radical (unpaired) electrons. The molecule has 2 N–H and O–H groups in total. The fraction of sp³-hybridized carbons (Fsp3) is 0.700. The summed E-state index contributed by atoms with van der Waals surface area (Å²) in [6.45, 7) is 4.48. The molecule has 0 fully saturated rings. The number of sulfonamides is 1. The van der Waals surface area contributed by atoms with Crippen LogP contribution in [0.15, 0.2) is 17.3 Å². The van der Waals surface area contributed by atoms with Gasteiger partial charge in [-0.05, 0) is 13.8 Å². The lowest BCUT2D eigenvalue weighted by Crippen LogP contribution is -2.28. The summed E-state index contributed by atoms with van der Waals surface area (Å²) in [7, 11) is -3.55. The maximum Gasteiger partial charge on any atom is 0.243 e. The summed E-state index contributed by atoms with van der Waals surface area (Å²) in [4.78, 5) is 0.0838. The number of rotatable bonds is 8. The van der Waals surface area contributed by atoms with Crippen LogP contribution in [-0.4, -0.2) is 49.2 Å². The fourth-order valence-electron chi connectivity index (χ4n) is 1.26. The topological polar surface area (TPSA) is 93.5 Å². The first-order chi connectivity index (χ1) is 8.45. The zero-order chi connectivity index (χ0) is 13.6. The van der Waals surface area contributed by atoms with Crippen molar-refractivity contribution in [3.8, 4) is 0 Å². The monoisotopic (exact) mass is 277 g/mol. The standard InChI is InChI=1S/C10H19N3O4S/c1-9(2)17-6-3-12-18(15,16)10-7-11-13(8-10)4-5-14/h7-9,12,14H,3-6H2,1-2H3. The highest BCUT2D eigenvalue weighted by Crippen LogP contribution is 2.06. The summed E-state index contributed by atoms with van der Waals surface area (Å²) in [5, 5.41) is 12.5. The zero-order valence-electron chi connectivity index (χ0n) is 10.5. The van der Waals surface area contributed by atoms with E-state index in [1.165, 1.54) is 17.1 Å². The van der Waals surface area contributed by atoms with Gasteiger partial charge in [0.15, 0.2) is 0 Å². The molecular formula is C10H19N3O4S. The summed E-state index contributed by atoms with van der Waals surface area (Å²) in [5.74, 6) is 0. The van der Waals surface area contributed by atoms with Gasteiger partial charge in [0.05, 0.1) is 32.1 Å². The van der Waals surface area contributed by atoms with E-state index in [0.717, 1.165) is 0 Å². The number of aliphatic hydroxyl groups is 1. The maximum absolute atomic E-state index is 11.8. The van der Waals surface area contributed by atoms with Crippen LogP contribution in [0.5, 0.6) is 0 Å². The third-order valence-electron chi connectivity index (χ3n) is 2.09. The predicted octanol–water partition coefficient (Wildman–Crippen LogP) is -0.421. The van der Waals surface area contributed by atoms with Gasteiger partial charge in [0.2, 0.25) is 10.0 Å². The summed E-state index contributed by atoms with van der Waals surface area (Å²) >= 11 is 0. The van der Waals surface area contributed by atoms with Gasteiger partial charge in [0.1, 0.15) is 4.90 Å². The van der Waals surface area contributed by atoms with Crippen LogP contribution >= 0.6 is 0 Å². The Bertz CT molecular complexity index is 455. The molecule has 0 aliphatic rings. The lowest BCUT2D eigenvalue weighted by Gasteiger charge is -2.08. The van der Waals surface area contributed by atoms with Crippen molar-refractivity contribution < 1.29 is 18.3 Å². The van der Waals surface area contributed by atoms with Gasteiger partial charge in [-0.2, -0.15) is 5.10 Å². The van der Waals surface area contributed by atoms with E-state index in [9.17, 15) is 8.42 Å². The first-order valence-corrected chi connectivity index (χ1v) is 7.18. The first kappa shape index (κ1) is 15.1. The zero-order valence-corrected chi connectivity index (χ0v) is 11.4. The normalized spacial score (nSPS) is 12.2. The highest BCUT2D eigenvalue weighted by Gasteiger charge is 2.15. The van der Waals surface area contributed by atoms with Crippen LogP contribution in [-0.2, 0) is 21.3 Å². The van der Waals surface area contributed by atoms with E-state index in [-0.39, 0.29) is 30.7 Å². The maximum atomic E-state index is 11.8. The molecule has 1 aromatic heterocycles. The molecule has 8 heteroatoms. The van der Waals surface area contributed by atoms with Crippen LogP contribution < -0.4 is 4.72 Å². The Balaban J connectivity index is 2.51. The van der Waals surface area contributed by atoms with Crippen molar-refractivity contribution in [2.45, 2.75) is 31.4 Å². The third-order valence-corrected chi connectivity index (χ3v) is 3.51. The Hall–Kier alpha value is -0.960. The second-order valence-corrected chi connectivity index (χ2v) is 5.75. The highest BCUT2D eigenvalue weighted by molar-refractivity contribution is 7.89. The number of hydrogen-bond donors (Lipinski definition) is 2. The molecule has 0 saturated carbocycles. The quantitative estimate of drug-likeness (QED) is 0.629.